The van der Waals surface area contributed by atoms with Crippen molar-refractivity contribution < 1.29 is 80.2 Å². The molecule has 0 aliphatic carbocycles. The van der Waals surface area contributed by atoms with E-state index in [-0.39, 0.29) is 25.7 Å². The van der Waals surface area contributed by atoms with Gasteiger partial charge in [0.1, 0.15) is 19.3 Å². The molecule has 17 nitrogen and oxygen atoms in total. The van der Waals surface area contributed by atoms with E-state index in [2.05, 4.69) is 149 Å². The van der Waals surface area contributed by atoms with Gasteiger partial charge < -0.3 is 33.8 Å². The molecule has 0 heterocycles. The van der Waals surface area contributed by atoms with Gasteiger partial charge >= 0.3 is 39.5 Å². The van der Waals surface area contributed by atoms with E-state index in [0.717, 1.165) is 135 Å². The Morgan fingerprint density at radius 1 is 0.279 bits per heavy atom. The van der Waals surface area contributed by atoms with Crippen molar-refractivity contribution in [3.8, 4) is 0 Å². The van der Waals surface area contributed by atoms with E-state index in [4.69, 9.17) is 37.0 Å². The van der Waals surface area contributed by atoms with Crippen LogP contribution in [0.15, 0.2) is 158 Å². The Balaban J connectivity index is 5.49. The van der Waals surface area contributed by atoms with E-state index in [1.54, 1.807) is 0 Å². The molecule has 0 radical (unpaired) electrons. The topological polar surface area (TPSA) is 237 Å². The lowest BCUT2D eigenvalue weighted by atomic mass is 10.1. The summed E-state index contributed by atoms with van der Waals surface area (Å²) in [5, 5.41) is 10.6. The summed E-state index contributed by atoms with van der Waals surface area (Å²) < 4.78 is 68.4. The number of rotatable bonds is 73. The number of aliphatic hydroxyl groups excluding tert-OH is 1. The van der Waals surface area contributed by atoms with E-state index in [9.17, 15) is 43.2 Å². The molecule has 0 saturated carbocycles. The fourth-order valence-electron chi connectivity index (χ4n) is 9.92. The summed E-state index contributed by atoms with van der Waals surface area (Å²) in [5.41, 5.74) is 0. The Kier molecular flexibility index (Phi) is 72.0. The first-order valence-corrected chi connectivity index (χ1v) is 42.7. The zero-order valence-corrected chi connectivity index (χ0v) is 66.4. The molecule has 0 aliphatic rings. The summed E-state index contributed by atoms with van der Waals surface area (Å²) >= 11 is 0. The lowest BCUT2D eigenvalue weighted by Crippen LogP contribution is -2.30. The van der Waals surface area contributed by atoms with Gasteiger partial charge in [0.15, 0.2) is 12.2 Å². The molecule has 0 aromatic rings. The molecule has 0 saturated heterocycles. The first-order valence-electron chi connectivity index (χ1n) is 39.7. The van der Waals surface area contributed by atoms with E-state index >= 15 is 0 Å². The van der Waals surface area contributed by atoms with Crippen molar-refractivity contribution in [3.05, 3.63) is 158 Å². The largest absolute Gasteiger partial charge is 0.472 e. The van der Waals surface area contributed by atoms with Crippen LogP contribution in [0.3, 0.4) is 0 Å². The van der Waals surface area contributed by atoms with Crippen molar-refractivity contribution in [2.75, 3.05) is 39.6 Å². The van der Waals surface area contributed by atoms with Gasteiger partial charge in [-0.15, -0.1) is 0 Å². The van der Waals surface area contributed by atoms with Crippen molar-refractivity contribution in [1.29, 1.82) is 0 Å². The molecule has 2 unspecified atom stereocenters. The molecule has 5 atom stereocenters. The monoisotopic (exact) mass is 1490 g/mol. The number of phosphoric acid groups is 2. The van der Waals surface area contributed by atoms with Gasteiger partial charge in [0, 0.05) is 25.7 Å². The highest BCUT2D eigenvalue weighted by Crippen LogP contribution is 2.45. The quantitative estimate of drug-likeness (QED) is 0.0169. The number of unbranched alkanes of at least 4 members (excludes halogenated alkanes) is 21. The number of aliphatic hydroxyl groups is 1. The zero-order chi connectivity index (χ0) is 76.0. The summed E-state index contributed by atoms with van der Waals surface area (Å²) in [7, 11) is -10.0. The molecule has 592 valence electrons. The number of hydrogen-bond donors (Lipinski definition) is 3. The van der Waals surface area contributed by atoms with Crippen molar-refractivity contribution in [3.63, 3.8) is 0 Å². The second-order valence-corrected chi connectivity index (χ2v) is 28.8. The molecular formula is C85H140O17P2. The summed E-state index contributed by atoms with van der Waals surface area (Å²) in [5.74, 6) is -2.40. The predicted molar refractivity (Wildman–Crippen MR) is 427 cm³/mol. The van der Waals surface area contributed by atoms with Crippen molar-refractivity contribution in [2.24, 2.45) is 0 Å². The third kappa shape index (κ3) is 74.9. The van der Waals surface area contributed by atoms with Crippen LogP contribution in [0, 0.1) is 0 Å². The molecule has 3 N–H and O–H groups in total. The molecule has 0 aromatic carbocycles. The molecule has 0 amide bonds. The Labute approximate surface area is 629 Å². The average molecular weight is 1500 g/mol. The average Bonchev–Trinajstić information content (AvgIpc) is 0.926. The van der Waals surface area contributed by atoms with Gasteiger partial charge in [0.05, 0.1) is 26.4 Å². The van der Waals surface area contributed by atoms with Gasteiger partial charge in [-0.1, -0.05) is 276 Å². The Hall–Kier alpha value is -5.32. The van der Waals surface area contributed by atoms with Crippen molar-refractivity contribution in [2.45, 2.75) is 316 Å². The molecule has 19 heteroatoms. The molecule has 0 aliphatic heterocycles. The zero-order valence-electron chi connectivity index (χ0n) is 64.6. The minimum Gasteiger partial charge on any atom is -0.462 e. The van der Waals surface area contributed by atoms with Gasteiger partial charge in [-0.05, 0) is 154 Å². The van der Waals surface area contributed by atoms with Gasteiger partial charge in [-0.25, -0.2) is 9.13 Å². The maximum Gasteiger partial charge on any atom is 0.472 e. The Morgan fingerprint density at radius 2 is 0.519 bits per heavy atom. The van der Waals surface area contributed by atoms with Crippen LogP contribution in [-0.4, -0.2) is 96.7 Å². The normalized spacial score (nSPS) is 14.7. The fourth-order valence-corrected chi connectivity index (χ4v) is 11.5. The van der Waals surface area contributed by atoms with Gasteiger partial charge in [0.25, 0.3) is 0 Å². The minimum absolute atomic E-state index is 0.0284. The number of carbonyl (C=O) groups excluding carboxylic acids is 4. The number of ether oxygens (including phenoxy) is 4. The second-order valence-electron chi connectivity index (χ2n) is 25.9. The smallest absolute Gasteiger partial charge is 0.462 e. The first-order chi connectivity index (χ1) is 50.7. The summed E-state index contributed by atoms with van der Waals surface area (Å²) in [6, 6.07) is 0. The SMILES string of the molecule is CC/C=C\C/C=C\C/C=C\C/C=C\C/C=C\C/C=C\CCC(=O)OC[C@H](COP(=O)(O)OC[C@@H](O)COP(=O)(O)OC[C@@H](COC(=O)CCCCCCC/C=C\CCCCCC)OC(=O)CC/C=C\C/C=C\C/C=C\C/C=C\C/C=C\CCCCC)OC(=O)CCCCCCC/C=C\CCCCCC. The Bertz CT molecular complexity index is 2590. The van der Waals surface area contributed by atoms with Crippen LogP contribution in [0.5, 0.6) is 0 Å². The number of carbonyl (C=O) groups is 4. The van der Waals surface area contributed by atoms with E-state index in [1.165, 1.54) is 70.6 Å². The molecule has 0 spiro atoms. The maximum atomic E-state index is 13.1. The number of allylic oxidation sites excluding steroid dienone is 26. The van der Waals surface area contributed by atoms with Crippen LogP contribution in [0.25, 0.3) is 0 Å². The highest BCUT2D eigenvalue weighted by Gasteiger charge is 2.30. The second kappa shape index (κ2) is 75.9. The van der Waals surface area contributed by atoms with Crippen LogP contribution in [0.4, 0.5) is 0 Å². The highest BCUT2D eigenvalue weighted by molar-refractivity contribution is 7.47. The molecule has 0 rings (SSSR count). The summed E-state index contributed by atoms with van der Waals surface area (Å²) in [6.07, 6.45) is 88.3. The maximum absolute atomic E-state index is 13.1. The molecule has 104 heavy (non-hydrogen) atoms. The van der Waals surface area contributed by atoms with Gasteiger partial charge in [-0.3, -0.25) is 37.3 Å². The lowest BCUT2D eigenvalue weighted by molar-refractivity contribution is -0.161. The molecule has 0 fully saturated rings. The third-order valence-corrected chi connectivity index (χ3v) is 17.9. The van der Waals surface area contributed by atoms with Crippen LogP contribution >= 0.6 is 15.6 Å². The van der Waals surface area contributed by atoms with E-state index in [1.807, 2.05) is 36.5 Å². The summed E-state index contributed by atoms with van der Waals surface area (Å²) in [4.78, 5) is 72.9. The van der Waals surface area contributed by atoms with E-state index in [0.29, 0.717) is 38.5 Å². The predicted octanol–water partition coefficient (Wildman–Crippen LogP) is 23.2. The summed E-state index contributed by atoms with van der Waals surface area (Å²) in [6.45, 7) is 4.50. The third-order valence-electron chi connectivity index (χ3n) is 16.0. The molecule has 0 bridgehead atoms. The van der Waals surface area contributed by atoms with Crippen molar-refractivity contribution >= 4 is 39.5 Å². The van der Waals surface area contributed by atoms with Gasteiger partial charge in [-0.2, -0.15) is 0 Å². The van der Waals surface area contributed by atoms with E-state index < -0.39 is 97.5 Å². The first kappa shape index (κ1) is 98.7. The lowest BCUT2D eigenvalue weighted by Gasteiger charge is -2.21. The van der Waals surface area contributed by atoms with Gasteiger partial charge in [0.2, 0.25) is 0 Å². The van der Waals surface area contributed by atoms with Crippen LogP contribution < -0.4 is 0 Å². The fraction of sp³-hybridized carbons (Fsp3) is 0.647. The number of phosphoric ester groups is 2. The standard InChI is InChI=1S/C85H140O17P2/c1-5-9-13-17-21-25-29-33-35-37-39-41-43-47-50-54-58-62-66-70-83(88)96-76-80(101-84(89)71-67-63-59-55-51-46-32-28-24-20-16-12-8-4)77-99-103(91,92)97-73-79(86)74-98-104(93,94)100-78-81(75-95-82(87)69-65-61-57-53-49-45-31-27-23-19-15-11-7-3)102-85(90)72-68-64-60-56-52-48-44-42-40-38-36-34-30-26-22-18-14-10-6-2/h9,13,21-22,25-28,31-36,39-42,47-48,50,52,58,60,62,64,79-81,86H,5-8,10-12,14-20,23-24,29-30,37-38,43-46,49,51,53-57,59,61,63,65-78H2,1-4H3,(H,91,92)(H,93,94)/b13-9-,25-21-,26-22-,31-27-,32-28-,35-33-,36-34-,41-39-,42-40-,50-47-,52-48-,62-58-,64-60-/t79-,80-,81-/m1/s1. The Morgan fingerprint density at radius 3 is 0.875 bits per heavy atom. The minimum atomic E-state index is -5.01. The van der Waals surface area contributed by atoms with Crippen LogP contribution in [0.2, 0.25) is 0 Å². The molecular weight excluding hydrogens is 1350 g/mol. The highest BCUT2D eigenvalue weighted by atomic mass is 31.2. The molecule has 0 aromatic heterocycles. The van der Waals surface area contributed by atoms with Crippen LogP contribution in [-0.2, 0) is 65.4 Å². The number of hydrogen-bond acceptors (Lipinski definition) is 15. The van der Waals surface area contributed by atoms with Crippen LogP contribution in [0.1, 0.15) is 297 Å². The number of esters is 4. The van der Waals surface area contributed by atoms with Crippen molar-refractivity contribution in [1.82, 2.24) is 0 Å².